The number of methoxy groups -OCH3 is 1. The lowest BCUT2D eigenvalue weighted by Gasteiger charge is -2.20. The number of hydrogen-bond donors (Lipinski definition) is 6. The normalized spacial score (nSPS) is 13.1. The number of nitrogens with one attached hydrogen (secondary N) is 3. The number of phenols is 1. The Labute approximate surface area is 206 Å². The maximum absolute atomic E-state index is 11.7. The van der Waals surface area contributed by atoms with Crippen molar-refractivity contribution in [3.8, 4) is 11.5 Å². The molecule has 0 saturated carbocycles. The number of aliphatic hydroxyl groups excluding tert-OH is 2. The van der Waals surface area contributed by atoms with Crippen molar-refractivity contribution in [1.29, 1.82) is 0 Å². The molecule has 6 N–H and O–H groups in total. The van der Waals surface area contributed by atoms with Crippen molar-refractivity contribution in [2.75, 3.05) is 13.7 Å². The van der Waals surface area contributed by atoms with Gasteiger partial charge < -0.3 is 30.4 Å². The van der Waals surface area contributed by atoms with Crippen LogP contribution in [-0.4, -0.2) is 40.2 Å². The van der Waals surface area contributed by atoms with Crippen LogP contribution in [0.15, 0.2) is 65.5 Å². The maximum atomic E-state index is 11.7. The Morgan fingerprint density at radius 1 is 1.00 bits per heavy atom. The molecule has 0 bridgehead atoms. The highest BCUT2D eigenvalue weighted by Crippen LogP contribution is 2.32. The first kappa shape index (κ1) is 24.9. The van der Waals surface area contributed by atoms with Gasteiger partial charge in [0.25, 0.3) is 0 Å². The molecular formula is C26H29N3O5S. The number of rotatable bonds is 11. The van der Waals surface area contributed by atoms with E-state index in [0.717, 1.165) is 40.3 Å². The van der Waals surface area contributed by atoms with Crippen LogP contribution in [-0.2, 0) is 19.5 Å². The summed E-state index contributed by atoms with van der Waals surface area (Å²) in [5.74, 6) is 0.795. The van der Waals surface area contributed by atoms with E-state index >= 15 is 0 Å². The Morgan fingerprint density at radius 2 is 1.74 bits per heavy atom. The predicted octanol–water partition coefficient (Wildman–Crippen LogP) is 2.78. The molecule has 4 rings (SSSR count). The lowest BCUT2D eigenvalue weighted by Crippen LogP contribution is -2.36. The SMILES string of the molecule is COc1ccccc1CNCc1ccc(CCNC(O)C(O)c2ccc(O)c3[nH]c(=O)sc23)cc1. The Balaban J connectivity index is 1.26. The van der Waals surface area contributed by atoms with Crippen molar-refractivity contribution in [2.24, 2.45) is 0 Å². The van der Waals surface area contributed by atoms with Crippen LogP contribution in [0.5, 0.6) is 11.5 Å². The maximum Gasteiger partial charge on any atom is 0.305 e. The average Bonchev–Trinajstić information content (AvgIpc) is 3.27. The fourth-order valence-electron chi connectivity index (χ4n) is 3.93. The molecule has 0 aliphatic rings. The van der Waals surface area contributed by atoms with Gasteiger partial charge >= 0.3 is 4.87 Å². The fraction of sp³-hybridized carbons (Fsp3) is 0.269. The summed E-state index contributed by atoms with van der Waals surface area (Å²) in [7, 11) is 1.67. The lowest BCUT2D eigenvalue weighted by atomic mass is 10.1. The van der Waals surface area contributed by atoms with E-state index in [1.165, 1.54) is 12.1 Å². The molecule has 2 atom stereocenters. The van der Waals surface area contributed by atoms with Crippen LogP contribution in [0.3, 0.4) is 0 Å². The number of aromatic hydroxyl groups is 1. The van der Waals surface area contributed by atoms with E-state index in [9.17, 15) is 20.1 Å². The van der Waals surface area contributed by atoms with E-state index in [-0.39, 0.29) is 16.1 Å². The van der Waals surface area contributed by atoms with Gasteiger partial charge in [-0.3, -0.25) is 10.1 Å². The third kappa shape index (κ3) is 6.08. The van der Waals surface area contributed by atoms with Gasteiger partial charge in [-0.15, -0.1) is 0 Å². The number of H-pyrrole nitrogens is 1. The Morgan fingerprint density at radius 3 is 2.51 bits per heavy atom. The van der Waals surface area contributed by atoms with Crippen LogP contribution < -0.4 is 20.2 Å². The van der Waals surface area contributed by atoms with E-state index < -0.39 is 12.3 Å². The minimum atomic E-state index is -1.25. The van der Waals surface area contributed by atoms with E-state index in [4.69, 9.17) is 4.74 Å². The number of aromatic nitrogens is 1. The van der Waals surface area contributed by atoms with E-state index in [2.05, 4.69) is 27.8 Å². The molecule has 4 aromatic rings. The number of phenolic OH excluding ortho intramolecular Hbond substituents is 1. The number of benzene rings is 3. The molecule has 184 valence electrons. The summed E-state index contributed by atoms with van der Waals surface area (Å²) in [4.78, 5) is 13.9. The van der Waals surface area contributed by atoms with Gasteiger partial charge in [-0.25, -0.2) is 0 Å². The monoisotopic (exact) mass is 495 g/mol. The molecule has 0 aliphatic carbocycles. The number of thiazole rings is 1. The Bertz CT molecular complexity index is 1320. The highest BCUT2D eigenvalue weighted by molar-refractivity contribution is 7.16. The molecule has 1 aromatic heterocycles. The first-order valence-corrected chi connectivity index (χ1v) is 12.1. The smallest absolute Gasteiger partial charge is 0.305 e. The minimum absolute atomic E-state index is 0.0739. The van der Waals surface area contributed by atoms with Crippen molar-refractivity contribution < 1.29 is 20.1 Å². The molecule has 0 aliphatic heterocycles. The third-order valence-electron chi connectivity index (χ3n) is 5.83. The van der Waals surface area contributed by atoms with Crippen LogP contribution in [0, 0.1) is 0 Å². The second-order valence-electron chi connectivity index (χ2n) is 8.22. The molecule has 2 unspecified atom stereocenters. The predicted molar refractivity (Wildman–Crippen MR) is 137 cm³/mol. The standard InChI is InChI=1S/C26H29N3O5S/c1-34-21-5-3-2-4-18(21)15-27-14-17-8-6-16(7-9-17)12-13-28-25(32)23(31)19-10-11-20(30)22-24(19)35-26(33)29-22/h2-11,23,25,27-28,30-32H,12-15H2,1H3,(H,29,33). The molecule has 0 spiro atoms. The first-order chi connectivity index (χ1) is 17.0. The minimum Gasteiger partial charge on any atom is -0.506 e. The highest BCUT2D eigenvalue weighted by Gasteiger charge is 2.22. The van der Waals surface area contributed by atoms with Gasteiger partial charge in [0, 0.05) is 30.8 Å². The number of aliphatic hydroxyl groups is 2. The molecular weight excluding hydrogens is 466 g/mol. The van der Waals surface area contributed by atoms with E-state index in [1.54, 1.807) is 7.11 Å². The largest absolute Gasteiger partial charge is 0.506 e. The second-order valence-corrected chi connectivity index (χ2v) is 9.20. The van der Waals surface area contributed by atoms with Crippen molar-refractivity contribution in [3.05, 3.63) is 92.6 Å². The molecule has 9 heteroatoms. The zero-order chi connectivity index (χ0) is 24.8. The van der Waals surface area contributed by atoms with Crippen LogP contribution >= 0.6 is 11.3 Å². The molecule has 1 heterocycles. The Hall–Kier alpha value is -3.21. The molecule has 0 radical (unpaired) electrons. The van der Waals surface area contributed by atoms with Crippen molar-refractivity contribution in [1.82, 2.24) is 15.6 Å². The van der Waals surface area contributed by atoms with Gasteiger partial charge in [-0.2, -0.15) is 0 Å². The number of para-hydroxylation sites is 1. The molecule has 0 amide bonds. The van der Waals surface area contributed by atoms with Crippen molar-refractivity contribution >= 4 is 21.6 Å². The van der Waals surface area contributed by atoms with E-state index in [0.29, 0.717) is 29.8 Å². The Kier molecular flexibility index (Phi) is 8.17. The van der Waals surface area contributed by atoms with Crippen LogP contribution in [0.2, 0.25) is 0 Å². The number of hydrogen-bond acceptors (Lipinski definition) is 8. The van der Waals surface area contributed by atoms with E-state index in [1.807, 2.05) is 36.4 Å². The van der Waals surface area contributed by atoms with Crippen LogP contribution in [0.25, 0.3) is 10.2 Å². The zero-order valence-electron chi connectivity index (χ0n) is 19.3. The summed E-state index contributed by atoms with van der Waals surface area (Å²) in [6.07, 6.45) is -1.80. The lowest BCUT2D eigenvalue weighted by molar-refractivity contribution is -0.00168. The summed E-state index contributed by atoms with van der Waals surface area (Å²) in [5, 5.41) is 37.3. The van der Waals surface area contributed by atoms with Gasteiger partial charge in [0.05, 0.1) is 11.8 Å². The number of aromatic amines is 1. The molecule has 35 heavy (non-hydrogen) atoms. The number of ether oxygens (including phenoxy) is 1. The van der Waals surface area contributed by atoms with Crippen LogP contribution in [0.1, 0.15) is 28.4 Å². The first-order valence-electron chi connectivity index (χ1n) is 11.3. The molecule has 8 nitrogen and oxygen atoms in total. The summed E-state index contributed by atoms with van der Waals surface area (Å²) in [6, 6.07) is 19.1. The molecule has 0 fully saturated rings. The van der Waals surface area contributed by atoms with Gasteiger partial charge in [-0.1, -0.05) is 59.9 Å². The third-order valence-corrected chi connectivity index (χ3v) is 6.76. The molecule has 3 aromatic carbocycles. The fourth-order valence-corrected chi connectivity index (χ4v) is 4.84. The average molecular weight is 496 g/mol. The summed E-state index contributed by atoms with van der Waals surface area (Å²) < 4.78 is 5.81. The summed E-state index contributed by atoms with van der Waals surface area (Å²) in [6.45, 7) is 1.89. The second kappa shape index (κ2) is 11.5. The van der Waals surface area contributed by atoms with Gasteiger partial charge in [0.1, 0.15) is 29.3 Å². The summed E-state index contributed by atoms with van der Waals surface area (Å²) >= 11 is 0.885. The van der Waals surface area contributed by atoms with Crippen LogP contribution in [0.4, 0.5) is 0 Å². The van der Waals surface area contributed by atoms with Gasteiger partial charge in [0.2, 0.25) is 0 Å². The highest BCUT2D eigenvalue weighted by atomic mass is 32.1. The zero-order valence-corrected chi connectivity index (χ0v) is 20.1. The van der Waals surface area contributed by atoms with Crippen molar-refractivity contribution in [2.45, 2.75) is 31.8 Å². The number of fused-ring (bicyclic) bond motifs is 1. The summed E-state index contributed by atoms with van der Waals surface area (Å²) in [5.41, 5.74) is 4.02. The van der Waals surface area contributed by atoms with Crippen molar-refractivity contribution in [3.63, 3.8) is 0 Å². The quantitative estimate of drug-likeness (QED) is 0.177. The topological polar surface area (TPSA) is 127 Å². The van der Waals surface area contributed by atoms with Gasteiger partial charge in [0.15, 0.2) is 0 Å². The molecule has 0 saturated heterocycles. The van der Waals surface area contributed by atoms with Gasteiger partial charge in [-0.05, 0) is 29.7 Å².